The summed E-state index contributed by atoms with van der Waals surface area (Å²) in [6, 6.07) is 36.0. The molecule has 0 saturated carbocycles. The first-order valence-electron chi connectivity index (χ1n) is 34.4. The van der Waals surface area contributed by atoms with Crippen molar-refractivity contribution in [2.45, 2.75) is 209 Å². The number of rotatable bonds is 32. The molecule has 0 spiro atoms. The van der Waals surface area contributed by atoms with Crippen LogP contribution in [-0.2, 0) is 52.6 Å². The fourth-order valence-electron chi connectivity index (χ4n) is 9.02. The van der Waals surface area contributed by atoms with Crippen molar-refractivity contribution in [3.05, 3.63) is 149 Å². The second kappa shape index (κ2) is 51.2. The number of esters is 2. The molecule has 0 radical (unpaired) electrons. The SMILES string of the molecule is CC(=O)CCc1ccc(O)cc1.CCCBr.CCCCOc1ccc(C(=O)OCC2O[C@H](O)C(C)[C@@H](C)[C@@H]2C)cc1.CCCCOc1ccc(C(=O)OCC2O[C@H](O)C(O)[C@@H](O)[C@@H]2O)cc1.CCCCOc1ccc(CCC(=O)O)cc1.CCCCOc1ccc(CCC(C)=O)cc1. The maximum atomic E-state index is 12.2. The number of phenols is 1. The van der Waals surface area contributed by atoms with Gasteiger partial charge in [-0.2, -0.15) is 0 Å². The third-order valence-electron chi connectivity index (χ3n) is 15.8. The Labute approximate surface area is 589 Å². The highest BCUT2D eigenvalue weighted by Gasteiger charge is 2.43. The number of phenolic OH excluding ortho intramolecular Hbond substituents is 1. The Kier molecular flexibility index (Phi) is 45.6. The molecule has 4 unspecified atom stereocenters. The van der Waals surface area contributed by atoms with Crippen molar-refractivity contribution in [3.8, 4) is 28.7 Å². The molecule has 21 heteroatoms. The van der Waals surface area contributed by atoms with E-state index in [-0.39, 0.29) is 60.5 Å². The second-order valence-corrected chi connectivity index (χ2v) is 25.0. The molecule has 0 aromatic heterocycles. The number of alkyl halides is 1. The predicted octanol–water partition coefficient (Wildman–Crippen LogP) is 13.4. The van der Waals surface area contributed by atoms with Crippen molar-refractivity contribution in [2.75, 3.05) is 45.0 Å². The van der Waals surface area contributed by atoms with Gasteiger partial charge in [-0.15, -0.1) is 0 Å². The van der Waals surface area contributed by atoms with Gasteiger partial charge in [-0.1, -0.05) is 133 Å². The number of ether oxygens (including phenoxy) is 8. The largest absolute Gasteiger partial charge is 0.508 e. The summed E-state index contributed by atoms with van der Waals surface area (Å²) in [6.07, 6.45) is 4.63. The average molecular weight is 1440 g/mol. The second-order valence-electron chi connectivity index (χ2n) is 24.2. The van der Waals surface area contributed by atoms with Crippen LogP contribution in [0.5, 0.6) is 28.7 Å². The Bertz CT molecular complexity index is 2760. The van der Waals surface area contributed by atoms with Crippen LogP contribution in [0.4, 0.5) is 0 Å². The molecule has 20 nitrogen and oxygen atoms in total. The van der Waals surface area contributed by atoms with Crippen LogP contribution < -0.4 is 18.9 Å². The number of Topliss-reactive ketones (excluding diaryl/α,β-unsaturated/α-hetero) is 2. The summed E-state index contributed by atoms with van der Waals surface area (Å²) in [5.41, 5.74) is 4.08. The molecule has 2 heterocycles. The summed E-state index contributed by atoms with van der Waals surface area (Å²) in [6.45, 7) is 22.5. The number of ketones is 2. The number of carboxylic acids is 1. The summed E-state index contributed by atoms with van der Waals surface area (Å²) in [7, 11) is 0. The molecule has 0 bridgehead atoms. The molecule has 2 saturated heterocycles. The number of aliphatic carboxylic acids is 1. The van der Waals surface area contributed by atoms with Gasteiger partial charge < -0.3 is 83.2 Å². The fourth-order valence-corrected chi connectivity index (χ4v) is 9.02. The Morgan fingerprint density at radius 2 is 0.745 bits per heavy atom. The monoisotopic (exact) mass is 1430 g/mol. The van der Waals surface area contributed by atoms with Gasteiger partial charge in [0.05, 0.1) is 43.7 Å². The number of aryl methyl sites for hydroxylation is 3. The number of benzene rings is 5. The summed E-state index contributed by atoms with van der Waals surface area (Å²) in [5.74, 6) is 2.65. The zero-order valence-electron chi connectivity index (χ0n) is 59.2. The number of hydrogen-bond donors (Lipinski definition) is 7. The fraction of sp³-hybridized carbons (Fsp3) is 0.545. The van der Waals surface area contributed by atoms with E-state index in [1.807, 2.05) is 67.6 Å². The van der Waals surface area contributed by atoms with E-state index in [0.29, 0.717) is 49.7 Å². The van der Waals surface area contributed by atoms with E-state index >= 15 is 0 Å². The zero-order chi connectivity index (χ0) is 72.8. The van der Waals surface area contributed by atoms with Gasteiger partial charge in [-0.3, -0.25) is 4.79 Å². The topological polar surface area (TPSA) is 301 Å². The highest BCUT2D eigenvalue weighted by atomic mass is 79.9. The van der Waals surface area contributed by atoms with Crippen LogP contribution >= 0.6 is 15.9 Å². The lowest BCUT2D eigenvalue weighted by molar-refractivity contribution is -0.286. The number of carbonyl (C=O) groups is 5. The van der Waals surface area contributed by atoms with Crippen LogP contribution in [0.15, 0.2) is 121 Å². The van der Waals surface area contributed by atoms with Crippen molar-refractivity contribution >= 4 is 45.4 Å². The zero-order valence-corrected chi connectivity index (χ0v) is 60.8. The van der Waals surface area contributed by atoms with Gasteiger partial charge in [0.1, 0.15) is 77.9 Å². The lowest BCUT2D eigenvalue weighted by atomic mass is 9.79. The molecular weight excluding hydrogens is 1320 g/mol. The van der Waals surface area contributed by atoms with E-state index in [9.17, 15) is 49.5 Å². The van der Waals surface area contributed by atoms with E-state index in [4.69, 9.17) is 48.1 Å². The van der Waals surface area contributed by atoms with Gasteiger partial charge in [0, 0.05) is 30.5 Å². The number of aliphatic hydroxyl groups is 5. The molecule has 0 amide bonds. The van der Waals surface area contributed by atoms with E-state index in [0.717, 1.165) is 111 Å². The lowest BCUT2D eigenvalue weighted by Crippen LogP contribution is -2.58. The number of halogens is 1. The summed E-state index contributed by atoms with van der Waals surface area (Å²) < 4.78 is 43.1. The maximum Gasteiger partial charge on any atom is 0.338 e. The number of aromatic hydroxyl groups is 1. The van der Waals surface area contributed by atoms with Gasteiger partial charge in [0.15, 0.2) is 12.6 Å². The van der Waals surface area contributed by atoms with Crippen LogP contribution in [0.3, 0.4) is 0 Å². The predicted molar refractivity (Wildman–Crippen MR) is 381 cm³/mol. The van der Waals surface area contributed by atoms with E-state index in [1.165, 1.54) is 12.0 Å². The molecule has 5 aromatic carbocycles. The number of aliphatic hydroxyl groups excluding tert-OH is 5. The van der Waals surface area contributed by atoms with Gasteiger partial charge in [0.25, 0.3) is 0 Å². The van der Waals surface area contributed by atoms with Crippen molar-refractivity contribution in [1.82, 2.24) is 0 Å². The number of hydrogen-bond acceptors (Lipinski definition) is 19. The molecular formula is C77H111BrO20. The van der Waals surface area contributed by atoms with Gasteiger partial charge in [-0.25, -0.2) is 9.59 Å². The highest BCUT2D eigenvalue weighted by Crippen LogP contribution is 2.34. The van der Waals surface area contributed by atoms with Crippen LogP contribution in [0, 0.1) is 17.8 Å². The minimum absolute atomic E-state index is 0.0715. The number of carbonyl (C=O) groups excluding carboxylic acids is 4. The van der Waals surface area contributed by atoms with Crippen LogP contribution in [0.25, 0.3) is 0 Å². The van der Waals surface area contributed by atoms with E-state index in [1.54, 1.807) is 74.5 Å². The van der Waals surface area contributed by atoms with Crippen LogP contribution in [0.1, 0.15) is 184 Å². The standard InChI is InChI=1S/C20H30O5.C17H24O8.C14H20O2.C13H18O3.C10H12O2.C3H7Br/c1-5-6-11-23-17-9-7-16(8-10-17)20(22)24-12-18-14(3)13(2)15(4)19(21)25-18;1-2-3-8-23-11-6-4-10(5-7-11)16(21)24-9-12-13(18)14(19)15(20)17(22)25-12;1-3-4-11-16-14-9-7-13(8-10-14)6-5-12(2)15;1-2-3-10-16-12-7-4-11(5-8-12)6-9-13(14)15;1-8(11)2-3-9-4-6-10(12)7-5-9;1-2-3-4/h7-10,13-15,18-19,21H,5-6,11-12H2,1-4H3;4-7,12-15,17-20,22H,2-3,8-9H2,1H3;7-10H,3-6,11H2,1-2H3;4-5,7-8H,2-3,6,9-10H2,1H3,(H,14,15);4-7,12H,2-3H2,1H3;2-3H2,1H3/t13-,14-,15?,18?,19-;12?,13-,14+,15?,17+;;;;/m01..../s1. The average Bonchev–Trinajstić information content (AvgIpc) is 0.836. The third kappa shape index (κ3) is 36.8. The molecule has 98 heavy (non-hydrogen) atoms. The number of unbranched alkanes of at least 4 members (excludes halogenated alkanes) is 4. The summed E-state index contributed by atoms with van der Waals surface area (Å²) in [4.78, 5) is 56.1. The van der Waals surface area contributed by atoms with Gasteiger partial charge in [0.2, 0.25) is 0 Å². The Morgan fingerprint density at radius 3 is 1.08 bits per heavy atom. The normalized spacial score (nSPS) is 19.7. The molecule has 7 rings (SSSR count). The Morgan fingerprint density at radius 1 is 0.418 bits per heavy atom. The molecule has 7 N–H and O–H groups in total. The first-order valence-corrected chi connectivity index (χ1v) is 35.5. The molecule has 2 aliphatic rings. The first-order chi connectivity index (χ1) is 46.9. The van der Waals surface area contributed by atoms with Crippen molar-refractivity contribution in [1.29, 1.82) is 0 Å². The molecule has 2 aliphatic heterocycles. The van der Waals surface area contributed by atoms with Crippen molar-refractivity contribution in [3.63, 3.8) is 0 Å². The maximum absolute atomic E-state index is 12.2. The summed E-state index contributed by atoms with van der Waals surface area (Å²) in [5, 5.41) is 66.8. The minimum atomic E-state index is -1.67. The Balaban J connectivity index is 0.000000420. The first kappa shape index (κ1) is 87.1. The highest BCUT2D eigenvalue weighted by molar-refractivity contribution is 9.09. The summed E-state index contributed by atoms with van der Waals surface area (Å²) >= 11 is 3.25. The Hall–Kier alpha value is -6.95. The molecule has 10 atom stereocenters. The minimum Gasteiger partial charge on any atom is -0.508 e. The molecule has 546 valence electrons. The van der Waals surface area contributed by atoms with Crippen LogP contribution in [0.2, 0.25) is 0 Å². The number of carboxylic acid groups (broad SMARTS) is 1. The lowest BCUT2D eigenvalue weighted by Gasteiger charge is -2.41. The van der Waals surface area contributed by atoms with Gasteiger partial charge >= 0.3 is 17.9 Å². The smallest absolute Gasteiger partial charge is 0.338 e. The quantitative estimate of drug-likeness (QED) is 0.0120. The third-order valence-corrected chi connectivity index (χ3v) is 16.6. The van der Waals surface area contributed by atoms with Gasteiger partial charge in [-0.05, 0) is 179 Å². The van der Waals surface area contributed by atoms with Crippen LogP contribution in [-0.4, -0.2) is 153 Å². The van der Waals surface area contributed by atoms with E-state index < -0.39 is 54.9 Å². The van der Waals surface area contributed by atoms with Crippen molar-refractivity contribution < 1.29 is 97.6 Å². The van der Waals surface area contributed by atoms with Crippen molar-refractivity contribution in [2.24, 2.45) is 17.8 Å². The van der Waals surface area contributed by atoms with E-state index in [2.05, 4.69) is 64.4 Å². The molecule has 0 aliphatic carbocycles. The molecule has 2 fully saturated rings. The molecule has 5 aromatic rings.